The first-order valence-electron chi connectivity index (χ1n) is 4.55. The summed E-state index contributed by atoms with van der Waals surface area (Å²) < 4.78 is 7.09. The van der Waals surface area contributed by atoms with Gasteiger partial charge in [-0.25, -0.2) is 4.79 Å². The molecule has 1 fully saturated rings. The molecular formula is C8H16NO2PS. The van der Waals surface area contributed by atoms with Crippen molar-refractivity contribution >= 4 is 26.5 Å². The van der Waals surface area contributed by atoms with Crippen LogP contribution in [0, 0.1) is 0 Å². The van der Waals surface area contributed by atoms with E-state index < -0.39 is 0 Å². The third kappa shape index (κ3) is 4.30. The molecule has 1 heterocycles. The van der Waals surface area contributed by atoms with Gasteiger partial charge in [0.1, 0.15) is 0 Å². The maximum atomic E-state index is 11.1. The topological polar surface area (TPSA) is 29.5 Å². The molecule has 1 unspecified atom stereocenters. The van der Waals surface area contributed by atoms with Crippen LogP contribution in [0.3, 0.4) is 0 Å². The second-order valence-corrected chi connectivity index (χ2v) is 5.00. The summed E-state index contributed by atoms with van der Waals surface area (Å²) >= 11 is 1.35. The SMILES string of the molecule is CCOC(=O)SC1CCN(P)CC1. The van der Waals surface area contributed by atoms with Gasteiger partial charge in [-0.15, -0.1) is 0 Å². The third-order valence-corrected chi connectivity index (χ3v) is 3.63. The van der Waals surface area contributed by atoms with Gasteiger partial charge in [0, 0.05) is 18.3 Å². The van der Waals surface area contributed by atoms with Crippen LogP contribution in [0.15, 0.2) is 0 Å². The number of carbonyl (C=O) groups is 1. The first-order chi connectivity index (χ1) is 6.22. The van der Waals surface area contributed by atoms with Crippen LogP contribution in [0.1, 0.15) is 19.8 Å². The molecule has 1 saturated heterocycles. The second kappa shape index (κ2) is 5.84. The largest absolute Gasteiger partial charge is 0.458 e. The fourth-order valence-corrected chi connectivity index (χ4v) is 2.48. The highest BCUT2D eigenvalue weighted by atomic mass is 32.2. The van der Waals surface area contributed by atoms with Crippen molar-refractivity contribution in [2.75, 3.05) is 19.7 Å². The van der Waals surface area contributed by atoms with Gasteiger partial charge in [-0.3, -0.25) is 4.67 Å². The molecule has 1 atom stereocenters. The standard InChI is InChI=1S/C8H16NO2PS/c1-2-11-8(10)13-7-3-5-9(12)6-4-7/h7H,2-6,12H2,1H3. The Morgan fingerprint density at radius 3 is 2.77 bits per heavy atom. The minimum Gasteiger partial charge on any atom is -0.458 e. The van der Waals surface area contributed by atoms with Gasteiger partial charge >= 0.3 is 5.30 Å². The summed E-state index contributed by atoms with van der Waals surface area (Å²) in [6.07, 6.45) is 2.15. The summed E-state index contributed by atoms with van der Waals surface area (Å²) in [6, 6.07) is 0. The van der Waals surface area contributed by atoms with Crippen molar-refractivity contribution in [3.05, 3.63) is 0 Å². The van der Waals surface area contributed by atoms with Gasteiger partial charge in [0.15, 0.2) is 0 Å². The molecule has 0 spiro atoms. The molecule has 1 rings (SSSR count). The zero-order valence-corrected chi connectivity index (χ0v) is 9.83. The fraction of sp³-hybridized carbons (Fsp3) is 0.875. The zero-order valence-electron chi connectivity index (χ0n) is 7.86. The molecule has 5 heteroatoms. The molecule has 1 aliphatic rings. The molecule has 3 nitrogen and oxygen atoms in total. The maximum Gasteiger partial charge on any atom is 0.367 e. The summed E-state index contributed by atoms with van der Waals surface area (Å²) in [5, 5.41) is 0.334. The van der Waals surface area contributed by atoms with Crippen LogP contribution >= 0.6 is 21.2 Å². The summed E-state index contributed by atoms with van der Waals surface area (Å²) in [5.74, 6) is 0. The van der Waals surface area contributed by atoms with E-state index in [1.54, 1.807) is 0 Å². The number of piperidine rings is 1. The third-order valence-electron chi connectivity index (χ3n) is 2.00. The van der Waals surface area contributed by atoms with Crippen molar-refractivity contribution in [1.29, 1.82) is 0 Å². The number of thioether (sulfide) groups is 1. The number of hydrogen-bond donors (Lipinski definition) is 0. The molecule has 76 valence electrons. The first-order valence-corrected chi connectivity index (χ1v) is 5.95. The van der Waals surface area contributed by atoms with Crippen molar-refractivity contribution < 1.29 is 9.53 Å². The Morgan fingerprint density at radius 2 is 2.23 bits per heavy atom. The Morgan fingerprint density at radius 1 is 1.62 bits per heavy atom. The number of nitrogens with zero attached hydrogens (tertiary/aromatic N) is 1. The predicted octanol–water partition coefficient (Wildman–Crippen LogP) is 2.13. The van der Waals surface area contributed by atoms with E-state index in [0.717, 1.165) is 25.9 Å². The van der Waals surface area contributed by atoms with E-state index in [1.807, 2.05) is 6.92 Å². The lowest BCUT2D eigenvalue weighted by Crippen LogP contribution is -2.28. The van der Waals surface area contributed by atoms with E-state index in [9.17, 15) is 4.79 Å². The minimum atomic E-state index is -0.121. The number of ether oxygens (including phenoxy) is 1. The smallest absolute Gasteiger partial charge is 0.367 e. The number of carbonyl (C=O) groups excluding carboxylic acids is 1. The Labute approximate surface area is 85.8 Å². The molecule has 1 aliphatic heterocycles. The molecule has 0 N–H and O–H groups in total. The van der Waals surface area contributed by atoms with Gasteiger partial charge in [0.05, 0.1) is 6.61 Å². The Hall–Kier alpha value is 0.210. The van der Waals surface area contributed by atoms with E-state index in [-0.39, 0.29) is 5.30 Å². The van der Waals surface area contributed by atoms with Crippen molar-refractivity contribution in [3.8, 4) is 0 Å². The van der Waals surface area contributed by atoms with Crippen molar-refractivity contribution in [1.82, 2.24) is 4.67 Å². The highest BCUT2D eigenvalue weighted by Crippen LogP contribution is 2.25. The fourth-order valence-electron chi connectivity index (χ4n) is 1.28. The molecular weight excluding hydrogens is 205 g/mol. The van der Waals surface area contributed by atoms with E-state index in [4.69, 9.17) is 4.74 Å². The van der Waals surface area contributed by atoms with E-state index in [1.165, 1.54) is 11.8 Å². The van der Waals surface area contributed by atoms with Crippen LogP contribution in [0.4, 0.5) is 4.79 Å². The van der Waals surface area contributed by atoms with Crippen LogP contribution < -0.4 is 0 Å². The molecule has 0 amide bonds. The Bertz CT molecular complexity index is 172. The van der Waals surface area contributed by atoms with E-state index in [0.29, 0.717) is 11.9 Å². The summed E-state index contributed by atoms with van der Waals surface area (Å²) in [5.41, 5.74) is 0. The highest BCUT2D eigenvalue weighted by molar-refractivity contribution is 8.13. The number of rotatable bonds is 2. The zero-order chi connectivity index (χ0) is 9.68. The van der Waals surface area contributed by atoms with Crippen molar-refractivity contribution in [2.45, 2.75) is 25.0 Å². The highest BCUT2D eigenvalue weighted by Gasteiger charge is 2.20. The normalized spacial score (nSPS) is 20.2. The monoisotopic (exact) mass is 221 g/mol. The van der Waals surface area contributed by atoms with Crippen LogP contribution in [0.25, 0.3) is 0 Å². The lowest BCUT2D eigenvalue weighted by Gasteiger charge is -2.27. The van der Waals surface area contributed by atoms with Gasteiger partial charge in [0.2, 0.25) is 0 Å². The average molecular weight is 221 g/mol. The Kier molecular flexibility index (Phi) is 5.07. The van der Waals surface area contributed by atoms with Crippen molar-refractivity contribution in [3.63, 3.8) is 0 Å². The lowest BCUT2D eigenvalue weighted by molar-refractivity contribution is 0.181. The van der Waals surface area contributed by atoms with Crippen LogP contribution in [-0.2, 0) is 4.74 Å². The van der Waals surface area contributed by atoms with Crippen LogP contribution in [0.2, 0.25) is 0 Å². The molecule has 13 heavy (non-hydrogen) atoms. The second-order valence-electron chi connectivity index (χ2n) is 3.04. The molecule has 0 aromatic carbocycles. The molecule has 0 aromatic rings. The molecule has 0 aromatic heterocycles. The van der Waals surface area contributed by atoms with Crippen LogP contribution in [0.5, 0.6) is 0 Å². The van der Waals surface area contributed by atoms with Crippen LogP contribution in [-0.4, -0.2) is 34.9 Å². The lowest BCUT2D eigenvalue weighted by atomic mass is 10.2. The van der Waals surface area contributed by atoms with Gasteiger partial charge in [-0.05, 0) is 31.5 Å². The first kappa shape index (κ1) is 11.3. The van der Waals surface area contributed by atoms with E-state index >= 15 is 0 Å². The molecule has 0 saturated carbocycles. The van der Waals surface area contributed by atoms with Gasteiger partial charge in [-0.1, -0.05) is 9.39 Å². The Balaban J connectivity index is 2.18. The van der Waals surface area contributed by atoms with E-state index in [2.05, 4.69) is 14.1 Å². The minimum absolute atomic E-state index is 0.121. The summed E-state index contributed by atoms with van der Waals surface area (Å²) in [6.45, 7) is 4.43. The summed E-state index contributed by atoms with van der Waals surface area (Å²) in [4.78, 5) is 11.1. The number of hydrogen-bond acceptors (Lipinski definition) is 4. The van der Waals surface area contributed by atoms with Gasteiger partial charge < -0.3 is 4.74 Å². The predicted molar refractivity (Wildman–Crippen MR) is 58.9 cm³/mol. The summed E-state index contributed by atoms with van der Waals surface area (Å²) in [7, 11) is 2.70. The molecule has 0 aliphatic carbocycles. The van der Waals surface area contributed by atoms with Gasteiger partial charge in [-0.2, -0.15) is 0 Å². The molecule has 0 radical (unpaired) electrons. The average Bonchev–Trinajstić information content (AvgIpc) is 2.09. The molecule has 0 bridgehead atoms. The van der Waals surface area contributed by atoms with Gasteiger partial charge in [0.25, 0.3) is 0 Å². The van der Waals surface area contributed by atoms with Crippen molar-refractivity contribution in [2.24, 2.45) is 0 Å². The quantitative estimate of drug-likeness (QED) is 0.527. The maximum absolute atomic E-state index is 11.1.